The number of imidazole rings is 1. The second kappa shape index (κ2) is 7.77. The second-order valence-electron chi connectivity index (χ2n) is 5.95. The number of fused-ring (bicyclic) bond motifs is 1. The van der Waals surface area contributed by atoms with E-state index in [9.17, 15) is 8.94 Å². The highest BCUT2D eigenvalue weighted by Gasteiger charge is 2.18. The molecule has 27 heavy (non-hydrogen) atoms. The van der Waals surface area contributed by atoms with Gasteiger partial charge in [-0.1, -0.05) is 24.3 Å². The van der Waals surface area contributed by atoms with Crippen LogP contribution in [-0.4, -0.2) is 19.5 Å². The summed E-state index contributed by atoms with van der Waals surface area (Å²) in [6.45, 7) is 0.316. The fraction of sp³-hybridized carbons (Fsp3) is 0.100. The largest absolute Gasteiger partial charge is 0.609 e. The van der Waals surface area contributed by atoms with Crippen molar-refractivity contribution in [1.29, 1.82) is 0 Å². The van der Waals surface area contributed by atoms with Crippen LogP contribution in [0, 0.1) is 5.82 Å². The molecule has 1 unspecified atom stereocenters. The van der Waals surface area contributed by atoms with Crippen LogP contribution in [0.15, 0.2) is 72.0 Å². The Morgan fingerprint density at radius 2 is 1.89 bits per heavy atom. The first-order chi connectivity index (χ1) is 13.2. The van der Waals surface area contributed by atoms with Gasteiger partial charge in [-0.05, 0) is 35.9 Å². The number of aromatic nitrogens is 3. The Balaban J connectivity index is 1.43. The summed E-state index contributed by atoms with van der Waals surface area (Å²) < 4.78 is 31.3. The Labute approximate surface area is 158 Å². The summed E-state index contributed by atoms with van der Waals surface area (Å²) in [5.41, 5.74) is 3.14. The zero-order valence-electron chi connectivity index (χ0n) is 14.3. The number of hydrogen-bond acceptors (Lipinski definition) is 4. The van der Waals surface area contributed by atoms with E-state index < -0.39 is 11.2 Å². The number of benzene rings is 2. The molecule has 0 aliphatic heterocycles. The third-order valence-corrected chi connectivity index (χ3v) is 5.15. The summed E-state index contributed by atoms with van der Waals surface area (Å²) >= 11 is -1.34. The van der Waals surface area contributed by atoms with Crippen LogP contribution < -0.4 is 4.74 Å². The van der Waals surface area contributed by atoms with Gasteiger partial charge in [0.25, 0.3) is 0 Å². The Hall–Kier alpha value is -2.90. The van der Waals surface area contributed by atoms with Gasteiger partial charge in [0.1, 0.15) is 18.2 Å². The second-order valence-corrected chi connectivity index (χ2v) is 7.31. The first-order valence-electron chi connectivity index (χ1n) is 8.33. The summed E-state index contributed by atoms with van der Waals surface area (Å²) in [5.74, 6) is 0.567. The maximum Gasteiger partial charge on any atom is 0.322 e. The predicted molar refractivity (Wildman–Crippen MR) is 101 cm³/mol. The molecule has 2 heterocycles. The van der Waals surface area contributed by atoms with Gasteiger partial charge in [0.05, 0.1) is 16.7 Å². The van der Waals surface area contributed by atoms with Crippen LogP contribution >= 0.6 is 0 Å². The van der Waals surface area contributed by atoms with E-state index in [1.54, 1.807) is 30.5 Å². The number of para-hydroxylation sites is 2. The van der Waals surface area contributed by atoms with Crippen LogP contribution in [0.5, 0.6) is 5.75 Å². The van der Waals surface area contributed by atoms with E-state index >= 15 is 0 Å². The molecule has 1 N–H and O–H groups in total. The number of aromatic amines is 1. The molecule has 0 fully saturated rings. The lowest BCUT2D eigenvalue weighted by Crippen LogP contribution is -2.08. The van der Waals surface area contributed by atoms with Gasteiger partial charge in [0.2, 0.25) is 0 Å². The van der Waals surface area contributed by atoms with Crippen molar-refractivity contribution in [1.82, 2.24) is 15.0 Å². The normalized spacial score (nSPS) is 12.2. The van der Waals surface area contributed by atoms with Gasteiger partial charge in [-0.2, -0.15) is 4.98 Å². The van der Waals surface area contributed by atoms with Gasteiger partial charge in [-0.25, -0.2) is 4.39 Å². The number of ether oxygens (including phenoxy) is 1. The van der Waals surface area contributed by atoms with Crippen molar-refractivity contribution >= 4 is 22.2 Å². The fourth-order valence-electron chi connectivity index (χ4n) is 2.61. The molecule has 0 saturated heterocycles. The average Bonchev–Trinajstić information content (AvgIpc) is 3.12. The highest BCUT2D eigenvalue weighted by Crippen LogP contribution is 2.20. The van der Waals surface area contributed by atoms with E-state index in [0.717, 1.165) is 16.6 Å². The van der Waals surface area contributed by atoms with Crippen molar-refractivity contribution in [3.63, 3.8) is 0 Å². The lowest BCUT2D eigenvalue weighted by Gasteiger charge is -2.09. The molecule has 0 bridgehead atoms. The quantitative estimate of drug-likeness (QED) is 0.513. The molecule has 4 rings (SSSR count). The highest BCUT2D eigenvalue weighted by atomic mass is 32.2. The molecule has 0 amide bonds. The predicted octanol–water partition coefficient (Wildman–Crippen LogP) is 3.98. The molecule has 0 aliphatic carbocycles. The van der Waals surface area contributed by atoms with E-state index in [-0.39, 0.29) is 11.6 Å². The smallest absolute Gasteiger partial charge is 0.322 e. The van der Waals surface area contributed by atoms with Gasteiger partial charge < -0.3 is 9.29 Å². The Kier molecular flexibility index (Phi) is 5.04. The fourth-order valence-corrected chi connectivity index (χ4v) is 3.60. The SMILES string of the molecule is [O-][S+](Cc1cc(OCc2ccc(F)cc2)ccn1)c1nc2ccccc2[nH]1. The molecule has 0 spiro atoms. The first kappa shape index (κ1) is 17.5. The summed E-state index contributed by atoms with van der Waals surface area (Å²) in [4.78, 5) is 11.7. The zero-order valence-corrected chi connectivity index (χ0v) is 15.1. The van der Waals surface area contributed by atoms with Crippen LogP contribution in [0.1, 0.15) is 11.3 Å². The standard InChI is InChI=1S/C20H16FN3O2S/c21-15-7-5-14(6-8-15)12-26-17-9-10-22-16(11-17)13-27(25)20-23-18-3-1-2-4-19(18)24-20/h1-11H,12-13H2,(H,23,24). The van der Waals surface area contributed by atoms with Gasteiger partial charge >= 0.3 is 5.16 Å². The van der Waals surface area contributed by atoms with Gasteiger partial charge in [-0.15, -0.1) is 0 Å². The van der Waals surface area contributed by atoms with Gasteiger partial charge in [0.15, 0.2) is 5.75 Å². The molecule has 1 atom stereocenters. The highest BCUT2D eigenvalue weighted by molar-refractivity contribution is 7.90. The maximum absolute atomic E-state index is 12.9. The molecule has 4 aromatic rings. The van der Waals surface area contributed by atoms with Crippen LogP contribution in [0.2, 0.25) is 0 Å². The molecule has 0 radical (unpaired) electrons. The van der Waals surface area contributed by atoms with Crippen molar-refractivity contribution in [3.8, 4) is 5.75 Å². The third kappa shape index (κ3) is 4.27. The summed E-state index contributed by atoms with van der Waals surface area (Å²) in [6, 6.07) is 17.2. The topological polar surface area (TPSA) is 73.9 Å². The molecule has 136 valence electrons. The van der Waals surface area contributed by atoms with Crippen LogP contribution in [0.25, 0.3) is 11.0 Å². The minimum absolute atomic E-state index is 0.230. The molecule has 0 saturated carbocycles. The molecule has 2 aromatic heterocycles. The maximum atomic E-state index is 12.9. The Morgan fingerprint density at radius 1 is 1.07 bits per heavy atom. The van der Waals surface area contributed by atoms with Crippen molar-refractivity contribution < 1.29 is 13.7 Å². The van der Waals surface area contributed by atoms with E-state index in [0.29, 0.717) is 23.2 Å². The summed E-state index contributed by atoms with van der Waals surface area (Å²) in [6.07, 6.45) is 1.62. The zero-order chi connectivity index (χ0) is 18.6. The minimum Gasteiger partial charge on any atom is -0.609 e. The molecule has 0 aliphatic rings. The Bertz CT molecular complexity index is 1020. The number of H-pyrrole nitrogens is 1. The van der Waals surface area contributed by atoms with E-state index in [2.05, 4.69) is 15.0 Å². The van der Waals surface area contributed by atoms with Crippen molar-refractivity contribution in [2.45, 2.75) is 17.5 Å². The number of nitrogens with zero attached hydrogens (tertiary/aromatic N) is 2. The minimum atomic E-state index is -1.34. The number of rotatable bonds is 6. The third-order valence-electron chi connectivity index (χ3n) is 3.97. The first-order valence-corrected chi connectivity index (χ1v) is 9.64. The van der Waals surface area contributed by atoms with E-state index in [1.165, 1.54) is 12.1 Å². The lowest BCUT2D eigenvalue weighted by molar-refractivity contribution is 0.305. The van der Waals surface area contributed by atoms with Crippen LogP contribution in [0.4, 0.5) is 4.39 Å². The van der Waals surface area contributed by atoms with Crippen LogP contribution in [0.3, 0.4) is 0 Å². The molecule has 7 heteroatoms. The number of pyridine rings is 1. The van der Waals surface area contributed by atoms with E-state index in [1.807, 2.05) is 24.3 Å². The van der Waals surface area contributed by atoms with Crippen LogP contribution in [-0.2, 0) is 23.5 Å². The van der Waals surface area contributed by atoms with Gasteiger partial charge in [-0.3, -0.25) is 9.97 Å². The van der Waals surface area contributed by atoms with Crippen molar-refractivity contribution in [2.24, 2.45) is 0 Å². The Morgan fingerprint density at radius 3 is 2.70 bits per heavy atom. The lowest BCUT2D eigenvalue weighted by atomic mass is 10.2. The molecular formula is C20H16FN3O2S. The number of halogens is 1. The molecule has 5 nitrogen and oxygen atoms in total. The van der Waals surface area contributed by atoms with Gasteiger partial charge in [0, 0.05) is 23.4 Å². The van der Waals surface area contributed by atoms with Crippen molar-refractivity contribution in [3.05, 3.63) is 83.9 Å². The van der Waals surface area contributed by atoms with Crippen molar-refractivity contribution in [2.75, 3.05) is 0 Å². The summed E-state index contributed by atoms with van der Waals surface area (Å²) in [7, 11) is 0. The van der Waals surface area contributed by atoms with E-state index in [4.69, 9.17) is 4.74 Å². The molecule has 2 aromatic carbocycles. The summed E-state index contributed by atoms with van der Waals surface area (Å²) in [5, 5.41) is 0.427. The monoisotopic (exact) mass is 381 g/mol. The number of hydrogen-bond donors (Lipinski definition) is 1. The number of nitrogens with one attached hydrogen (secondary N) is 1. The molecular weight excluding hydrogens is 365 g/mol. The average molecular weight is 381 g/mol.